The van der Waals surface area contributed by atoms with E-state index in [9.17, 15) is 4.79 Å². The number of carbonyl (C=O) groups excluding carboxylic acids is 1. The van der Waals surface area contributed by atoms with Crippen LogP contribution in [0.1, 0.15) is 33.1 Å². The number of rotatable bonds is 0. The molecule has 0 bridgehead atoms. The summed E-state index contributed by atoms with van der Waals surface area (Å²) >= 11 is 0. The Kier molecular flexibility index (Phi) is 1.74. The fourth-order valence-corrected chi connectivity index (χ4v) is 4.45. The van der Waals surface area contributed by atoms with Crippen molar-refractivity contribution in [1.29, 1.82) is 0 Å². The molecule has 5 atom stereocenters. The van der Waals surface area contributed by atoms with E-state index in [0.29, 0.717) is 5.57 Å². The zero-order valence-corrected chi connectivity index (χ0v) is 10.9. The zero-order chi connectivity index (χ0) is 12.7. The number of hydrogen-bond acceptors (Lipinski definition) is 3. The van der Waals surface area contributed by atoms with Gasteiger partial charge >= 0.3 is 5.97 Å². The molecule has 2 heterocycles. The third kappa shape index (κ3) is 0.993. The highest BCUT2D eigenvalue weighted by atomic mass is 16.6. The minimum atomic E-state index is -0.205. The molecule has 4 aliphatic rings. The van der Waals surface area contributed by atoms with Gasteiger partial charge in [0.15, 0.2) is 0 Å². The van der Waals surface area contributed by atoms with E-state index < -0.39 is 0 Å². The van der Waals surface area contributed by atoms with Crippen molar-refractivity contribution in [2.45, 2.75) is 50.4 Å². The summed E-state index contributed by atoms with van der Waals surface area (Å²) in [6.45, 7) is 8.27. The molecule has 0 unspecified atom stereocenters. The van der Waals surface area contributed by atoms with E-state index in [1.54, 1.807) is 0 Å². The van der Waals surface area contributed by atoms with Crippen LogP contribution in [0.2, 0.25) is 0 Å². The standard InChI is InChI=1S/C15H18O3/c1-8-4-7-15-11(8)12-10(9(2)13(16)17-12)5-6-14(15,3)18-15/h4,10-12H,2,5-7H2,1,3H3/t10-,11+,12-,14-,15+/m1/s1. The van der Waals surface area contributed by atoms with Crippen molar-refractivity contribution >= 4 is 5.97 Å². The first-order valence-electron chi connectivity index (χ1n) is 6.75. The lowest BCUT2D eigenvalue weighted by atomic mass is 9.78. The van der Waals surface area contributed by atoms with Gasteiger partial charge in [-0.15, -0.1) is 0 Å². The van der Waals surface area contributed by atoms with Crippen molar-refractivity contribution < 1.29 is 14.3 Å². The molecule has 4 rings (SSSR count). The smallest absolute Gasteiger partial charge is 0.334 e. The Bertz CT molecular complexity index is 506. The van der Waals surface area contributed by atoms with Crippen LogP contribution in [0.25, 0.3) is 0 Å². The van der Waals surface area contributed by atoms with Crippen LogP contribution in [0, 0.1) is 11.8 Å². The molecular formula is C15H18O3. The first-order chi connectivity index (χ1) is 8.48. The van der Waals surface area contributed by atoms with E-state index in [2.05, 4.69) is 26.5 Å². The van der Waals surface area contributed by atoms with Gasteiger partial charge in [0.2, 0.25) is 0 Å². The lowest BCUT2D eigenvalue weighted by Crippen LogP contribution is -2.37. The molecule has 18 heavy (non-hydrogen) atoms. The summed E-state index contributed by atoms with van der Waals surface area (Å²) in [6, 6.07) is 0. The number of ether oxygens (including phenoxy) is 2. The summed E-state index contributed by atoms with van der Waals surface area (Å²) in [7, 11) is 0. The van der Waals surface area contributed by atoms with Crippen LogP contribution in [0.5, 0.6) is 0 Å². The topological polar surface area (TPSA) is 38.8 Å². The molecule has 0 aromatic carbocycles. The molecule has 0 amide bonds. The molecule has 0 radical (unpaired) electrons. The molecule has 3 fully saturated rings. The molecule has 1 spiro atoms. The third-order valence-corrected chi connectivity index (χ3v) is 5.59. The first kappa shape index (κ1) is 10.8. The maximum absolute atomic E-state index is 11.8. The van der Waals surface area contributed by atoms with Gasteiger partial charge in [0, 0.05) is 17.4 Å². The second-order valence-electron chi connectivity index (χ2n) is 6.39. The van der Waals surface area contributed by atoms with Gasteiger partial charge in [-0.1, -0.05) is 18.2 Å². The van der Waals surface area contributed by atoms with Gasteiger partial charge in [0.1, 0.15) is 11.7 Å². The van der Waals surface area contributed by atoms with Crippen molar-refractivity contribution in [2.24, 2.45) is 11.8 Å². The van der Waals surface area contributed by atoms with E-state index in [-0.39, 0.29) is 35.1 Å². The Hall–Kier alpha value is -1.09. The van der Waals surface area contributed by atoms with E-state index in [0.717, 1.165) is 19.3 Å². The third-order valence-electron chi connectivity index (χ3n) is 5.59. The molecule has 0 aromatic rings. The van der Waals surface area contributed by atoms with Gasteiger partial charge < -0.3 is 9.47 Å². The van der Waals surface area contributed by atoms with Gasteiger partial charge in [0.25, 0.3) is 0 Å². The molecule has 2 aliphatic carbocycles. The Morgan fingerprint density at radius 3 is 3.06 bits per heavy atom. The molecule has 96 valence electrons. The largest absolute Gasteiger partial charge is 0.458 e. The molecule has 3 nitrogen and oxygen atoms in total. The predicted octanol–water partition coefficient (Wildman–Crippen LogP) is 2.37. The minimum Gasteiger partial charge on any atom is -0.458 e. The van der Waals surface area contributed by atoms with Crippen molar-refractivity contribution in [3.8, 4) is 0 Å². The summed E-state index contributed by atoms with van der Waals surface area (Å²) < 4.78 is 11.8. The van der Waals surface area contributed by atoms with Crippen LogP contribution in [0.15, 0.2) is 23.8 Å². The molecular weight excluding hydrogens is 228 g/mol. The number of epoxide rings is 1. The molecule has 2 saturated heterocycles. The van der Waals surface area contributed by atoms with Crippen LogP contribution in [0.3, 0.4) is 0 Å². The van der Waals surface area contributed by atoms with Gasteiger partial charge in [-0.2, -0.15) is 0 Å². The summed E-state index contributed by atoms with van der Waals surface area (Å²) in [5.41, 5.74) is 1.86. The highest BCUT2D eigenvalue weighted by Gasteiger charge is 2.75. The van der Waals surface area contributed by atoms with E-state index in [4.69, 9.17) is 9.47 Å². The molecule has 1 saturated carbocycles. The average molecular weight is 246 g/mol. The normalized spacial score (nSPS) is 53.0. The summed E-state index contributed by atoms with van der Waals surface area (Å²) in [6.07, 6.45) is 5.13. The fraction of sp³-hybridized carbons (Fsp3) is 0.667. The molecule has 2 aliphatic heterocycles. The Balaban J connectivity index is 1.81. The Morgan fingerprint density at radius 1 is 1.50 bits per heavy atom. The van der Waals surface area contributed by atoms with Gasteiger partial charge in [-0.3, -0.25) is 0 Å². The van der Waals surface area contributed by atoms with Crippen molar-refractivity contribution in [1.82, 2.24) is 0 Å². The minimum absolute atomic E-state index is 0.0248. The Morgan fingerprint density at radius 2 is 2.28 bits per heavy atom. The quantitative estimate of drug-likeness (QED) is 0.285. The molecule has 0 N–H and O–H groups in total. The SMILES string of the molecule is C=C1C(=O)O[C@@H]2[C@@H]1CC[C@@]1(C)O[C@]13CC=C(C)[C@@H]23. The second kappa shape index (κ2) is 2.90. The molecule has 0 aromatic heterocycles. The van der Waals surface area contributed by atoms with Crippen LogP contribution in [0.4, 0.5) is 0 Å². The van der Waals surface area contributed by atoms with Crippen molar-refractivity contribution in [2.75, 3.05) is 0 Å². The maximum Gasteiger partial charge on any atom is 0.334 e. The molecule has 3 heteroatoms. The monoisotopic (exact) mass is 246 g/mol. The number of hydrogen-bond donors (Lipinski definition) is 0. The number of esters is 1. The summed E-state index contributed by atoms with van der Waals surface area (Å²) in [4.78, 5) is 11.8. The maximum atomic E-state index is 11.8. The highest BCUT2D eigenvalue weighted by molar-refractivity contribution is 5.91. The summed E-state index contributed by atoms with van der Waals surface area (Å²) in [5, 5.41) is 0. The van der Waals surface area contributed by atoms with Crippen LogP contribution in [-0.2, 0) is 14.3 Å². The number of fused-ring (bicyclic) bond motifs is 2. The van der Waals surface area contributed by atoms with Crippen LogP contribution in [-0.4, -0.2) is 23.3 Å². The van der Waals surface area contributed by atoms with Gasteiger partial charge in [-0.25, -0.2) is 4.79 Å². The van der Waals surface area contributed by atoms with Gasteiger partial charge in [0.05, 0.1) is 5.60 Å². The number of carbonyl (C=O) groups is 1. The van der Waals surface area contributed by atoms with Crippen LogP contribution < -0.4 is 0 Å². The predicted molar refractivity (Wildman–Crippen MR) is 65.8 cm³/mol. The van der Waals surface area contributed by atoms with E-state index in [1.807, 2.05) is 0 Å². The summed E-state index contributed by atoms with van der Waals surface area (Å²) in [5.74, 6) is 0.219. The van der Waals surface area contributed by atoms with Gasteiger partial charge in [-0.05, 0) is 33.1 Å². The first-order valence-corrected chi connectivity index (χ1v) is 6.75. The van der Waals surface area contributed by atoms with E-state index >= 15 is 0 Å². The zero-order valence-electron chi connectivity index (χ0n) is 10.9. The van der Waals surface area contributed by atoms with Crippen molar-refractivity contribution in [3.05, 3.63) is 23.8 Å². The highest BCUT2D eigenvalue weighted by Crippen LogP contribution is 2.67. The Labute approximate surface area is 107 Å². The average Bonchev–Trinajstić information content (AvgIpc) is 2.65. The van der Waals surface area contributed by atoms with Crippen molar-refractivity contribution in [3.63, 3.8) is 0 Å². The second-order valence-corrected chi connectivity index (χ2v) is 6.39. The fourth-order valence-electron chi connectivity index (χ4n) is 4.45. The lowest BCUT2D eigenvalue weighted by molar-refractivity contribution is -0.141. The van der Waals surface area contributed by atoms with E-state index in [1.165, 1.54) is 5.57 Å². The lowest BCUT2D eigenvalue weighted by Gasteiger charge is -2.26. The van der Waals surface area contributed by atoms with Crippen LogP contribution >= 0.6 is 0 Å².